The van der Waals surface area contributed by atoms with Gasteiger partial charge in [-0.2, -0.15) is 5.10 Å². The van der Waals surface area contributed by atoms with Gasteiger partial charge >= 0.3 is 0 Å². The molecule has 0 bridgehead atoms. The first-order valence-corrected chi connectivity index (χ1v) is 7.18. The zero-order chi connectivity index (χ0) is 14.9. The Kier molecular flexibility index (Phi) is 4.50. The molecular weight excluding hydrogens is 344 g/mol. The third kappa shape index (κ3) is 3.04. The maximum atomic E-state index is 11.6. The average molecular weight is 358 g/mol. The summed E-state index contributed by atoms with van der Waals surface area (Å²) in [5.74, 6) is 0.488. The fourth-order valence-corrected chi connectivity index (χ4v) is 2.44. The van der Waals surface area contributed by atoms with Crippen molar-refractivity contribution in [2.45, 2.75) is 20.5 Å². The number of benzene rings is 1. The molecule has 0 unspecified atom stereocenters. The van der Waals surface area contributed by atoms with Gasteiger partial charge in [0.1, 0.15) is 12.4 Å². The van der Waals surface area contributed by atoms with Gasteiger partial charge in [-0.15, -0.1) is 0 Å². The minimum atomic E-state index is -0.0419. The number of hydrogen-bond acceptors (Lipinski definition) is 3. The van der Waals surface area contributed by atoms with Crippen molar-refractivity contribution in [1.82, 2.24) is 9.78 Å². The Morgan fingerprint density at radius 2 is 2.20 bits per heavy atom. The Hall–Kier alpha value is -1.33. The molecule has 4 nitrogen and oxygen atoms in total. The van der Waals surface area contributed by atoms with Crippen LogP contribution >= 0.6 is 27.5 Å². The van der Waals surface area contributed by atoms with Gasteiger partial charge in [0.05, 0.1) is 22.0 Å². The molecule has 0 spiro atoms. The maximum Gasteiger partial charge on any atom is 0.163 e. The minimum absolute atomic E-state index is 0.0419. The van der Waals surface area contributed by atoms with Crippen LogP contribution in [0.3, 0.4) is 0 Å². The summed E-state index contributed by atoms with van der Waals surface area (Å²) < 4.78 is 8.28. The predicted octanol–water partition coefficient (Wildman–Crippen LogP) is 3.93. The lowest BCUT2D eigenvalue weighted by Gasteiger charge is -2.11. The molecular formula is C14H14BrClN2O2. The lowest BCUT2D eigenvalue weighted by molar-refractivity contribution is 0.101. The largest absolute Gasteiger partial charge is 0.486 e. The topological polar surface area (TPSA) is 44.1 Å². The van der Waals surface area contributed by atoms with Crippen molar-refractivity contribution in [2.75, 3.05) is 0 Å². The molecule has 0 aliphatic carbocycles. The van der Waals surface area contributed by atoms with Crippen LogP contribution in [0.1, 0.15) is 28.7 Å². The molecule has 0 aliphatic rings. The van der Waals surface area contributed by atoms with E-state index >= 15 is 0 Å². The fraction of sp³-hybridized carbons (Fsp3) is 0.286. The molecule has 0 aliphatic heterocycles. The van der Waals surface area contributed by atoms with Crippen LogP contribution in [0.4, 0.5) is 0 Å². The summed E-state index contributed by atoms with van der Waals surface area (Å²) in [5.41, 5.74) is 2.08. The number of aromatic nitrogens is 2. The van der Waals surface area contributed by atoms with Crippen molar-refractivity contribution in [3.05, 3.63) is 44.6 Å². The Bertz CT molecular complexity index is 667. The fourth-order valence-electron chi connectivity index (χ4n) is 1.89. The number of Topliss-reactive ketones (excluding diaryl/α,β-unsaturated/α-hetero) is 1. The molecule has 0 saturated heterocycles. The summed E-state index contributed by atoms with van der Waals surface area (Å²) in [6.07, 6.45) is 0. The highest BCUT2D eigenvalue weighted by Crippen LogP contribution is 2.27. The van der Waals surface area contributed by atoms with E-state index in [9.17, 15) is 4.79 Å². The quantitative estimate of drug-likeness (QED) is 0.779. The number of halogens is 2. The van der Waals surface area contributed by atoms with Gasteiger partial charge in [0, 0.05) is 11.5 Å². The number of nitrogens with zero attached hydrogens (tertiary/aromatic N) is 2. The first-order valence-electron chi connectivity index (χ1n) is 6.01. The minimum Gasteiger partial charge on any atom is -0.486 e. The van der Waals surface area contributed by atoms with Crippen LogP contribution in [0.25, 0.3) is 0 Å². The van der Waals surface area contributed by atoms with Crippen molar-refractivity contribution in [1.29, 1.82) is 0 Å². The van der Waals surface area contributed by atoms with Gasteiger partial charge in [-0.25, -0.2) is 0 Å². The average Bonchev–Trinajstić information content (AvgIpc) is 2.61. The van der Waals surface area contributed by atoms with Gasteiger partial charge in [-0.05, 0) is 32.0 Å². The van der Waals surface area contributed by atoms with Gasteiger partial charge in [0.15, 0.2) is 5.78 Å². The highest BCUT2D eigenvalue weighted by Gasteiger charge is 2.14. The molecule has 1 heterocycles. The lowest BCUT2D eigenvalue weighted by Crippen LogP contribution is -2.06. The monoisotopic (exact) mass is 356 g/mol. The number of hydrogen-bond donors (Lipinski definition) is 0. The molecule has 0 atom stereocenters. The van der Waals surface area contributed by atoms with Crippen LogP contribution in [0.2, 0.25) is 5.02 Å². The molecule has 1 aromatic heterocycles. The van der Waals surface area contributed by atoms with E-state index < -0.39 is 0 Å². The van der Waals surface area contributed by atoms with Crippen molar-refractivity contribution in [3.8, 4) is 5.75 Å². The molecule has 0 amide bonds. The molecule has 0 N–H and O–H groups in total. The lowest BCUT2D eigenvalue weighted by atomic mass is 10.1. The van der Waals surface area contributed by atoms with Crippen LogP contribution in [-0.4, -0.2) is 15.6 Å². The van der Waals surface area contributed by atoms with Crippen molar-refractivity contribution in [2.24, 2.45) is 7.05 Å². The Balaban J connectivity index is 2.27. The summed E-state index contributed by atoms with van der Waals surface area (Å²) in [7, 11) is 1.81. The number of carbonyl (C=O) groups is 1. The standard InChI is InChI=1S/C14H14BrClN2O2/c1-8-14(16)12(18(3)17-8)7-20-13-6-10(15)4-5-11(13)9(2)19/h4-6H,7H2,1-3H3. The van der Waals surface area contributed by atoms with Crippen molar-refractivity contribution in [3.63, 3.8) is 0 Å². The van der Waals surface area contributed by atoms with Crippen LogP contribution in [-0.2, 0) is 13.7 Å². The second-order valence-corrected chi connectivity index (χ2v) is 5.75. The number of carbonyl (C=O) groups excluding carboxylic acids is 1. The van der Waals surface area contributed by atoms with E-state index in [0.717, 1.165) is 15.9 Å². The third-order valence-corrected chi connectivity index (χ3v) is 3.93. The van der Waals surface area contributed by atoms with Crippen LogP contribution in [0.15, 0.2) is 22.7 Å². The van der Waals surface area contributed by atoms with E-state index in [1.807, 2.05) is 20.0 Å². The first-order chi connectivity index (χ1) is 9.40. The second kappa shape index (κ2) is 5.97. The maximum absolute atomic E-state index is 11.6. The number of aryl methyl sites for hydroxylation is 2. The van der Waals surface area contributed by atoms with E-state index in [1.54, 1.807) is 16.8 Å². The Labute approximate surface area is 130 Å². The van der Waals surface area contributed by atoms with Crippen LogP contribution in [0, 0.1) is 6.92 Å². The van der Waals surface area contributed by atoms with E-state index in [1.165, 1.54) is 6.92 Å². The van der Waals surface area contributed by atoms with E-state index in [0.29, 0.717) is 16.3 Å². The normalized spacial score (nSPS) is 10.7. The number of ether oxygens (including phenoxy) is 1. The summed E-state index contributed by atoms with van der Waals surface area (Å²) in [4.78, 5) is 11.6. The van der Waals surface area contributed by atoms with Crippen molar-refractivity contribution < 1.29 is 9.53 Å². The molecule has 6 heteroatoms. The van der Waals surface area contributed by atoms with E-state index in [4.69, 9.17) is 16.3 Å². The van der Waals surface area contributed by atoms with Gasteiger partial charge in [-0.3, -0.25) is 9.48 Å². The second-order valence-electron chi connectivity index (χ2n) is 4.46. The first kappa shape index (κ1) is 15.1. The highest BCUT2D eigenvalue weighted by atomic mass is 79.9. The zero-order valence-electron chi connectivity index (χ0n) is 11.4. The molecule has 20 heavy (non-hydrogen) atoms. The summed E-state index contributed by atoms with van der Waals surface area (Å²) in [6.45, 7) is 3.61. The van der Waals surface area contributed by atoms with Gasteiger partial charge in [0.2, 0.25) is 0 Å². The molecule has 0 radical (unpaired) electrons. The molecule has 106 valence electrons. The van der Waals surface area contributed by atoms with E-state index in [2.05, 4.69) is 21.0 Å². The Morgan fingerprint density at radius 3 is 2.75 bits per heavy atom. The molecule has 2 aromatic rings. The van der Waals surface area contributed by atoms with Crippen LogP contribution in [0.5, 0.6) is 5.75 Å². The molecule has 2 rings (SSSR count). The Morgan fingerprint density at radius 1 is 1.50 bits per heavy atom. The van der Waals surface area contributed by atoms with Gasteiger partial charge < -0.3 is 4.74 Å². The third-order valence-electron chi connectivity index (χ3n) is 2.95. The molecule has 0 fully saturated rings. The summed E-state index contributed by atoms with van der Waals surface area (Å²) >= 11 is 9.54. The van der Waals surface area contributed by atoms with Gasteiger partial charge in [0.25, 0.3) is 0 Å². The van der Waals surface area contributed by atoms with Crippen molar-refractivity contribution >= 4 is 33.3 Å². The van der Waals surface area contributed by atoms with E-state index in [-0.39, 0.29) is 12.4 Å². The summed E-state index contributed by atoms with van der Waals surface area (Å²) in [5, 5.41) is 4.82. The number of rotatable bonds is 4. The number of ketones is 1. The predicted molar refractivity (Wildman–Crippen MR) is 81.4 cm³/mol. The smallest absolute Gasteiger partial charge is 0.163 e. The van der Waals surface area contributed by atoms with Gasteiger partial charge in [-0.1, -0.05) is 27.5 Å². The molecule has 1 aromatic carbocycles. The summed E-state index contributed by atoms with van der Waals surface area (Å²) in [6, 6.07) is 5.32. The highest BCUT2D eigenvalue weighted by molar-refractivity contribution is 9.10. The molecule has 0 saturated carbocycles. The SMILES string of the molecule is CC(=O)c1ccc(Br)cc1OCc1c(Cl)c(C)nn1C. The zero-order valence-corrected chi connectivity index (χ0v) is 13.7. The van der Waals surface area contributed by atoms with Crippen LogP contribution < -0.4 is 4.74 Å².